The topological polar surface area (TPSA) is 23.5 Å². The lowest BCUT2D eigenvalue weighted by molar-refractivity contribution is 0.0959. The van der Waals surface area contributed by atoms with Crippen molar-refractivity contribution in [3.8, 4) is 0 Å². The fourth-order valence-electron chi connectivity index (χ4n) is 2.37. The summed E-state index contributed by atoms with van der Waals surface area (Å²) in [5.74, 6) is -0.177. The lowest BCUT2D eigenvalue weighted by atomic mass is 10.1. The zero-order valence-electron chi connectivity index (χ0n) is 12.7. The van der Waals surface area contributed by atoms with Gasteiger partial charge in [0.05, 0.1) is 6.10 Å². The molecule has 0 saturated carbocycles. The summed E-state index contributed by atoms with van der Waals surface area (Å²) in [6, 6.07) is 3.19. The van der Waals surface area contributed by atoms with E-state index in [0.29, 0.717) is 18.4 Å². The largest absolute Gasteiger partial charge is 0.387 e. The first-order valence-corrected chi connectivity index (χ1v) is 7.15. The van der Waals surface area contributed by atoms with Gasteiger partial charge in [0.2, 0.25) is 0 Å². The van der Waals surface area contributed by atoms with Crippen molar-refractivity contribution >= 4 is 0 Å². The van der Waals surface area contributed by atoms with Gasteiger partial charge in [-0.3, -0.25) is 4.90 Å². The summed E-state index contributed by atoms with van der Waals surface area (Å²) in [6.07, 6.45) is -1.01. The van der Waals surface area contributed by atoms with E-state index in [2.05, 4.69) is 32.6 Å². The third kappa shape index (κ3) is 5.55. The van der Waals surface area contributed by atoms with Crippen LogP contribution in [0.4, 0.5) is 8.78 Å². The average molecular weight is 285 g/mol. The number of benzene rings is 1. The van der Waals surface area contributed by atoms with Crippen molar-refractivity contribution in [3.05, 3.63) is 35.4 Å². The lowest BCUT2D eigenvalue weighted by Gasteiger charge is -2.28. The molecule has 1 N–H and O–H groups in total. The molecule has 1 unspecified atom stereocenters. The van der Waals surface area contributed by atoms with Gasteiger partial charge in [-0.05, 0) is 30.0 Å². The van der Waals surface area contributed by atoms with Crippen LogP contribution in [0.1, 0.15) is 39.4 Å². The Labute approximate surface area is 120 Å². The van der Waals surface area contributed by atoms with E-state index in [0.717, 1.165) is 31.3 Å². The van der Waals surface area contributed by atoms with Crippen molar-refractivity contribution in [1.29, 1.82) is 0 Å². The monoisotopic (exact) mass is 285 g/mol. The van der Waals surface area contributed by atoms with E-state index in [9.17, 15) is 13.9 Å². The fourth-order valence-corrected chi connectivity index (χ4v) is 2.37. The molecule has 0 aliphatic rings. The molecule has 114 valence electrons. The second kappa shape index (κ2) is 7.70. The molecule has 1 aromatic rings. The van der Waals surface area contributed by atoms with Crippen LogP contribution in [0.5, 0.6) is 0 Å². The highest BCUT2D eigenvalue weighted by atomic mass is 19.1. The smallest absolute Gasteiger partial charge is 0.129 e. The maximum atomic E-state index is 13.7. The van der Waals surface area contributed by atoms with Crippen molar-refractivity contribution in [1.82, 2.24) is 4.90 Å². The predicted octanol–water partition coefficient (Wildman–Crippen LogP) is 3.61. The molecule has 1 rings (SSSR count). The summed E-state index contributed by atoms with van der Waals surface area (Å²) in [5.41, 5.74) is 0.0301. The zero-order valence-corrected chi connectivity index (χ0v) is 12.7. The molecule has 4 heteroatoms. The van der Waals surface area contributed by atoms with Crippen molar-refractivity contribution in [2.24, 2.45) is 11.8 Å². The Balaban J connectivity index is 2.78. The number of hydrogen-bond donors (Lipinski definition) is 1. The Kier molecular flexibility index (Phi) is 6.56. The maximum absolute atomic E-state index is 13.7. The minimum atomic E-state index is -1.01. The molecule has 0 amide bonds. The zero-order chi connectivity index (χ0) is 15.3. The van der Waals surface area contributed by atoms with E-state index in [1.165, 1.54) is 0 Å². The summed E-state index contributed by atoms with van der Waals surface area (Å²) in [7, 11) is 0. The van der Waals surface area contributed by atoms with Gasteiger partial charge in [-0.25, -0.2) is 8.78 Å². The van der Waals surface area contributed by atoms with Crippen LogP contribution < -0.4 is 0 Å². The molecule has 0 aromatic heterocycles. The minimum Gasteiger partial charge on any atom is -0.387 e. The normalized spacial score (nSPS) is 13.5. The Hall–Kier alpha value is -1.00. The Morgan fingerprint density at radius 1 is 1.00 bits per heavy atom. The summed E-state index contributed by atoms with van der Waals surface area (Å²) in [5, 5.41) is 10.2. The number of aliphatic hydroxyl groups excluding tert-OH is 1. The maximum Gasteiger partial charge on any atom is 0.129 e. The van der Waals surface area contributed by atoms with Crippen LogP contribution in [0.15, 0.2) is 18.2 Å². The van der Waals surface area contributed by atoms with Gasteiger partial charge >= 0.3 is 0 Å². The highest BCUT2D eigenvalue weighted by molar-refractivity contribution is 5.21. The SMILES string of the molecule is CC(C)CN(CC(C)C)CC(O)c1cc(F)ccc1F. The Morgan fingerprint density at radius 2 is 1.55 bits per heavy atom. The second-order valence-corrected chi connectivity index (χ2v) is 6.19. The van der Waals surface area contributed by atoms with E-state index < -0.39 is 17.7 Å². The van der Waals surface area contributed by atoms with Gasteiger partial charge < -0.3 is 5.11 Å². The Bertz CT molecular complexity index is 411. The van der Waals surface area contributed by atoms with Gasteiger partial charge in [-0.15, -0.1) is 0 Å². The molecule has 0 aliphatic heterocycles. The van der Waals surface area contributed by atoms with Crippen molar-refractivity contribution in [2.45, 2.75) is 33.8 Å². The minimum absolute atomic E-state index is 0.0301. The molecule has 2 nitrogen and oxygen atoms in total. The summed E-state index contributed by atoms with van der Waals surface area (Å²) >= 11 is 0. The molecule has 20 heavy (non-hydrogen) atoms. The second-order valence-electron chi connectivity index (χ2n) is 6.19. The molecule has 1 aromatic carbocycles. The number of halogens is 2. The van der Waals surface area contributed by atoms with Gasteiger partial charge in [-0.1, -0.05) is 27.7 Å². The highest BCUT2D eigenvalue weighted by Crippen LogP contribution is 2.20. The van der Waals surface area contributed by atoms with Crippen LogP contribution in [0, 0.1) is 23.5 Å². The van der Waals surface area contributed by atoms with Crippen molar-refractivity contribution < 1.29 is 13.9 Å². The van der Waals surface area contributed by atoms with Gasteiger partial charge in [-0.2, -0.15) is 0 Å². The van der Waals surface area contributed by atoms with Crippen molar-refractivity contribution in [2.75, 3.05) is 19.6 Å². The van der Waals surface area contributed by atoms with Crippen LogP contribution >= 0.6 is 0 Å². The molecular weight excluding hydrogens is 260 g/mol. The number of hydrogen-bond acceptors (Lipinski definition) is 2. The molecule has 0 heterocycles. The molecule has 0 bridgehead atoms. The molecular formula is C16H25F2NO. The van der Waals surface area contributed by atoms with Crippen LogP contribution in [-0.2, 0) is 0 Å². The third-order valence-electron chi connectivity index (χ3n) is 2.99. The first kappa shape index (κ1) is 17.1. The van der Waals surface area contributed by atoms with E-state index >= 15 is 0 Å². The first-order chi connectivity index (χ1) is 9.29. The number of nitrogens with zero attached hydrogens (tertiary/aromatic N) is 1. The first-order valence-electron chi connectivity index (χ1n) is 7.15. The van der Waals surface area contributed by atoms with E-state index in [4.69, 9.17) is 0 Å². The molecule has 0 saturated heterocycles. The van der Waals surface area contributed by atoms with Gasteiger partial charge in [0.15, 0.2) is 0 Å². The van der Waals surface area contributed by atoms with E-state index in [1.807, 2.05) is 0 Å². The van der Waals surface area contributed by atoms with E-state index in [1.54, 1.807) is 0 Å². The van der Waals surface area contributed by atoms with Gasteiger partial charge in [0.25, 0.3) is 0 Å². The number of aliphatic hydroxyl groups is 1. The third-order valence-corrected chi connectivity index (χ3v) is 2.99. The molecule has 0 fully saturated rings. The summed E-state index contributed by atoms with van der Waals surface area (Å²) in [4.78, 5) is 2.10. The van der Waals surface area contributed by atoms with Crippen molar-refractivity contribution in [3.63, 3.8) is 0 Å². The lowest BCUT2D eigenvalue weighted by Crippen LogP contribution is -2.35. The highest BCUT2D eigenvalue weighted by Gasteiger charge is 2.19. The van der Waals surface area contributed by atoms with E-state index in [-0.39, 0.29) is 5.56 Å². The van der Waals surface area contributed by atoms with Gasteiger partial charge in [0.1, 0.15) is 11.6 Å². The molecule has 0 spiro atoms. The van der Waals surface area contributed by atoms with Crippen LogP contribution in [-0.4, -0.2) is 29.6 Å². The standard InChI is InChI=1S/C16H25F2NO/c1-11(2)8-19(9-12(3)4)10-16(20)14-7-13(17)5-6-15(14)18/h5-7,11-12,16,20H,8-10H2,1-4H3. The molecule has 0 radical (unpaired) electrons. The Morgan fingerprint density at radius 3 is 2.05 bits per heavy atom. The fraction of sp³-hybridized carbons (Fsp3) is 0.625. The van der Waals surface area contributed by atoms with Crippen LogP contribution in [0.3, 0.4) is 0 Å². The van der Waals surface area contributed by atoms with Crippen LogP contribution in [0.2, 0.25) is 0 Å². The summed E-state index contributed by atoms with van der Waals surface area (Å²) in [6.45, 7) is 10.4. The summed E-state index contributed by atoms with van der Waals surface area (Å²) < 4.78 is 26.8. The quantitative estimate of drug-likeness (QED) is 0.827. The average Bonchev–Trinajstić information content (AvgIpc) is 2.30. The predicted molar refractivity (Wildman–Crippen MR) is 77.4 cm³/mol. The molecule has 1 atom stereocenters. The number of rotatable bonds is 7. The van der Waals surface area contributed by atoms with Gasteiger partial charge in [0, 0.05) is 25.2 Å². The van der Waals surface area contributed by atoms with Crippen LogP contribution in [0.25, 0.3) is 0 Å². The molecule has 0 aliphatic carbocycles.